The standard InChI is InChI=1S/C28H24FN3O2S/c1-19-16-25(30-14-8-9-15-30)24(29)18-20(19)17-23-26(33)31(21-10-4-2-5-11-21)28(35)32(27(23)34)22-12-6-3-7-13-22/h2-7,10-13,16-18H,8-9,14-15H2,1H3. The molecule has 0 spiro atoms. The molecule has 0 aliphatic carbocycles. The largest absolute Gasteiger partial charge is 0.369 e. The van der Waals surface area contributed by atoms with E-state index < -0.39 is 11.8 Å². The lowest BCUT2D eigenvalue weighted by Gasteiger charge is -2.36. The molecule has 2 saturated heterocycles. The lowest BCUT2D eigenvalue weighted by atomic mass is 10.0. The maximum absolute atomic E-state index is 15.1. The third kappa shape index (κ3) is 4.23. The fraction of sp³-hybridized carbons (Fsp3) is 0.179. The Morgan fingerprint density at radius 3 is 1.86 bits per heavy atom. The van der Waals surface area contributed by atoms with Crippen LogP contribution >= 0.6 is 12.2 Å². The molecule has 3 aromatic rings. The molecular weight excluding hydrogens is 461 g/mol. The minimum absolute atomic E-state index is 0.0711. The molecule has 2 heterocycles. The van der Waals surface area contributed by atoms with Gasteiger partial charge in [-0.2, -0.15) is 0 Å². The molecule has 0 radical (unpaired) electrons. The lowest BCUT2D eigenvalue weighted by molar-refractivity contribution is -0.120. The third-order valence-corrected chi connectivity index (χ3v) is 6.73. The van der Waals surface area contributed by atoms with Crippen molar-refractivity contribution in [2.24, 2.45) is 0 Å². The quantitative estimate of drug-likeness (QED) is 0.279. The van der Waals surface area contributed by atoms with Crippen molar-refractivity contribution in [3.63, 3.8) is 0 Å². The van der Waals surface area contributed by atoms with Crippen LogP contribution in [0.1, 0.15) is 24.0 Å². The number of benzene rings is 3. The third-order valence-electron chi connectivity index (χ3n) is 6.36. The van der Waals surface area contributed by atoms with Gasteiger partial charge in [-0.1, -0.05) is 36.4 Å². The predicted molar refractivity (Wildman–Crippen MR) is 141 cm³/mol. The number of carbonyl (C=O) groups is 2. The van der Waals surface area contributed by atoms with Gasteiger partial charge in [-0.3, -0.25) is 19.4 Å². The lowest BCUT2D eigenvalue weighted by Crippen LogP contribution is -2.56. The maximum Gasteiger partial charge on any atom is 0.270 e. The van der Waals surface area contributed by atoms with Gasteiger partial charge in [0.15, 0.2) is 5.11 Å². The van der Waals surface area contributed by atoms with E-state index in [1.165, 1.54) is 21.9 Å². The van der Waals surface area contributed by atoms with Crippen LogP contribution < -0.4 is 14.7 Å². The van der Waals surface area contributed by atoms with Gasteiger partial charge in [-0.15, -0.1) is 0 Å². The number of hydrogen-bond acceptors (Lipinski definition) is 4. The van der Waals surface area contributed by atoms with Gasteiger partial charge in [0.2, 0.25) is 0 Å². The number of hydrogen-bond donors (Lipinski definition) is 0. The minimum Gasteiger partial charge on any atom is -0.369 e. The predicted octanol–water partition coefficient (Wildman–Crippen LogP) is 5.48. The van der Waals surface area contributed by atoms with Crippen molar-refractivity contribution in [3.8, 4) is 0 Å². The molecule has 3 aromatic carbocycles. The van der Waals surface area contributed by atoms with E-state index >= 15 is 4.39 Å². The monoisotopic (exact) mass is 485 g/mol. The molecule has 0 N–H and O–H groups in total. The molecule has 5 rings (SSSR count). The average Bonchev–Trinajstić information content (AvgIpc) is 3.40. The molecule has 2 amide bonds. The molecular formula is C28H24FN3O2S. The van der Waals surface area contributed by atoms with Crippen molar-refractivity contribution in [2.45, 2.75) is 19.8 Å². The number of rotatable bonds is 4. The van der Waals surface area contributed by atoms with Gasteiger partial charge >= 0.3 is 0 Å². The Kier molecular flexibility index (Phi) is 6.17. The van der Waals surface area contributed by atoms with E-state index in [4.69, 9.17) is 12.2 Å². The fourth-order valence-corrected chi connectivity index (χ4v) is 4.91. The Hall–Kier alpha value is -3.84. The normalized spacial score (nSPS) is 16.3. The second-order valence-electron chi connectivity index (χ2n) is 8.65. The molecule has 35 heavy (non-hydrogen) atoms. The molecule has 5 nitrogen and oxygen atoms in total. The highest BCUT2D eigenvalue weighted by Gasteiger charge is 2.41. The Balaban J connectivity index is 1.61. The van der Waals surface area contributed by atoms with E-state index in [1.807, 2.05) is 24.0 Å². The molecule has 0 saturated carbocycles. The first-order chi connectivity index (χ1) is 17.0. The van der Waals surface area contributed by atoms with Crippen LogP contribution in [0.2, 0.25) is 0 Å². The number of halogens is 1. The zero-order valence-corrected chi connectivity index (χ0v) is 20.1. The summed E-state index contributed by atoms with van der Waals surface area (Å²) in [6.07, 6.45) is 3.56. The van der Waals surface area contributed by atoms with Crippen LogP contribution in [0.5, 0.6) is 0 Å². The van der Waals surface area contributed by atoms with Crippen molar-refractivity contribution >= 4 is 52.3 Å². The summed E-state index contributed by atoms with van der Waals surface area (Å²) in [5.41, 5.74) is 2.84. The summed E-state index contributed by atoms with van der Waals surface area (Å²) in [6.45, 7) is 3.50. The van der Waals surface area contributed by atoms with Gasteiger partial charge in [-0.25, -0.2) is 4.39 Å². The van der Waals surface area contributed by atoms with E-state index in [-0.39, 0.29) is 16.5 Å². The molecule has 7 heteroatoms. The van der Waals surface area contributed by atoms with Crippen molar-refractivity contribution < 1.29 is 14.0 Å². The van der Waals surface area contributed by atoms with Crippen LogP contribution in [0, 0.1) is 12.7 Å². The summed E-state index contributed by atoms with van der Waals surface area (Å²) in [5, 5.41) is 0.0711. The van der Waals surface area contributed by atoms with Crippen LogP contribution in [0.25, 0.3) is 6.08 Å². The number of para-hydroxylation sites is 2. The molecule has 2 aliphatic heterocycles. The van der Waals surface area contributed by atoms with Crippen molar-refractivity contribution in [1.82, 2.24) is 0 Å². The van der Waals surface area contributed by atoms with Gasteiger partial charge < -0.3 is 4.90 Å². The number of amides is 2. The zero-order chi connectivity index (χ0) is 24.5. The van der Waals surface area contributed by atoms with Crippen LogP contribution in [0.15, 0.2) is 78.4 Å². The second-order valence-corrected chi connectivity index (χ2v) is 9.01. The minimum atomic E-state index is -0.540. The van der Waals surface area contributed by atoms with E-state index in [0.717, 1.165) is 31.5 Å². The van der Waals surface area contributed by atoms with Gasteiger partial charge in [0.1, 0.15) is 11.4 Å². The summed E-state index contributed by atoms with van der Waals surface area (Å²) in [5.74, 6) is -1.45. The SMILES string of the molecule is Cc1cc(N2CCCC2)c(F)cc1C=C1C(=O)N(c2ccccc2)C(=S)N(c2ccccc2)C1=O. The summed E-state index contributed by atoms with van der Waals surface area (Å²) >= 11 is 5.63. The highest BCUT2D eigenvalue weighted by atomic mass is 32.1. The van der Waals surface area contributed by atoms with Crippen LogP contribution in [-0.4, -0.2) is 30.0 Å². The Morgan fingerprint density at radius 1 is 0.829 bits per heavy atom. The smallest absolute Gasteiger partial charge is 0.270 e. The van der Waals surface area contributed by atoms with Gasteiger partial charge in [0.05, 0.1) is 17.1 Å². The molecule has 0 unspecified atom stereocenters. The van der Waals surface area contributed by atoms with Crippen LogP contribution in [-0.2, 0) is 9.59 Å². The molecule has 2 aliphatic rings. The summed E-state index contributed by atoms with van der Waals surface area (Å²) < 4.78 is 15.1. The number of anilines is 3. The molecule has 0 atom stereocenters. The Bertz CT molecular complexity index is 1270. The van der Waals surface area contributed by atoms with E-state index in [1.54, 1.807) is 54.6 Å². The van der Waals surface area contributed by atoms with Gasteiger partial charge in [0.25, 0.3) is 11.8 Å². The van der Waals surface area contributed by atoms with E-state index in [0.29, 0.717) is 22.6 Å². The molecule has 2 fully saturated rings. The summed E-state index contributed by atoms with van der Waals surface area (Å²) in [7, 11) is 0. The van der Waals surface area contributed by atoms with Crippen molar-refractivity contribution in [3.05, 3.63) is 95.3 Å². The Morgan fingerprint density at radius 2 is 1.34 bits per heavy atom. The number of carbonyl (C=O) groups excluding carboxylic acids is 2. The van der Waals surface area contributed by atoms with E-state index in [2.05, 4.69) is 0 Å². The Labute approximate surface area is 209 Å². The van der Waals surface area contributed by atoms with Gasteiger partial charge in [-0.05, 0) is 85.6 Å². The second kappa shape index (κ2) is 9.43. The molecule has 0 bridgehead atoms. The van der Waals surface area contributed by atoms with Crippen LogP contribution in [0.4, 0.5) is 21.5 Å². The zero-order valence-electron chi connectivity index (χ0n) is 19.3. The highest BCUT2D eigenvalue weighted by Crippen LogP contribution is 2.32. The summed E-state index contributed by atoms with van der Waals surface area (Å²) in [6, 6.07) is 21.1. The maximum atomic E-state index is 15.1. The van der Waals surface area contributed by atoms with Gasteiger partial charge in [0, 0.05) is 13.1 Å². The van der Waals surface area contributed by atoms with Crippen molar-refractivity contribution in [2.75, 3.05) is 27.8 Å². The molecule has 0 aromatic heterocycles. The number of aryl methyl sites for hydroxylation is 1. The fourth-order valence-electron chi connectivity index (χ4n) is 4.53. The topological polar surface area (TPSA) is 43.9 Å². The first kappa shape index (κ1) is 22.9. The van der Waals surface area contributed by atoms with Crippen LogP contribution in [0.3, 0.4) is 0 Å². The van der Waals surface area contributed by atoms with E-state index in [9.17, 15) is 9.59 Å². The highest BCUT2D eigenvalue weighted by molar-refractivity contribution is 7.81. The first-order valence-electron chi connectivity index (χ1n) is 11.6. The number of thiocarbonyl (C=S) groups is 1. The first-order valence-corrected chi connectivity index (χ1v) is 12.0. The average molecular weight is 486 g/mol. The van der Waals surface area contributed by atoms with Crippen molar-refractivity contribution in [1.29, 1.82) is 0 Å². The summed E-state index contributed by atoms with van der Waals surface area (Å²) in [4.78, 5) is 32.0. The molecule has 176 valence electrons. The number of nitrogens with zero attached hydrogens (tertiary/aromatic N) is 3.